The third-order valence-corrected chi connectivity index (χ3v) is 4.74. The summed E-state index contributed by atoms with van der Waals surface area (Å²) in [6, 6.07) is 22.4. The lowest BCUT2D eigenvalue weighted by Gasteiger charge is -2.17. The van der Waals surface area contributed by atoms with Crippen molar-refractivity contribution in [3.63, 3.8) is 0 Å². The van der Waals surface area contributed by atoms with Gasteiger partial charge in [-0.05, 0) is 18.6 Å². The molecule has 0 amide bonds. The van der Waals surface area contributed by atoms with Crippen molar-refractivity contribution < 1.29 is 4.74 Å². The van der Waals surface area contributed by atoms with E-state index >= 15 is 0 Å². The molecule has 5 nitrogen and oxygen atoms in total. The molecule has 0 fully saturated rings. The normalized spacial score (nSPS) is 12.0. The molecule has 0 N–H and O–H groups in total. The SMILES string of the molecule is C[C@@H](c1ccncn1)n1cnc(-c2ccccc2)c1COCc1ccccc1. The molecule has 0 saturated heterocycles. The van der Waals surface area contributed by atoms with Gasteiger partial charge in [0.1, 0.15) is 6.33 Å². The second kappa shape index (κ2) is 8.59. The van der Waals surface area contributed by atoms with Gasteiger partial charge in [0.2, 0.25) is 0 Å². The maximum Gasteiger partial charge on any atom is 0.115 e. The summed E-state index contributed by atoms with van der Waals surface area (Å²) in [4.78, 5) is 13.1. The van der Waals surface area contributed by atoms with E-state index in [1.165, 1.54) is 0 Å². The molecule has 0 spiro atoms. The zero-order valence-corrected chi connectivity index (χ0v) is 15.8. The van der Waals surface area contributed by atoms with Crippen LogP contribution in [0, 0.1) is 0 Å². The highest BCUT2D eigenvalue weighted by molar-refractivity contribution is 5.61. The molecule has 4 aromatic rings. The van der Waals surface area contributed by atoms with Gasteiger partial charge in [0.05, 0.1) is 42.7 Å². The second-order valence-corrected chi connectivity index (χ2v) is 6.60. The second-order valence-electron chi connectivity index (χ2n) is 6.60. The van der Waals surface area contributed by atoms with E-state index in [1.54, 1.807) is 12.5 Å². The molecule has 0 aliphatic heterocycles. The van der Waals surface area contributed by atoms with Crippen molar-refractivity contribution in [2.24, 2.45) is 0 Å². The molecule has 0 aliphatic carbocycles. The van der Waals surface area contributed by atoms with E-state index in [2.05, 4.69) is 45.7 Å². The lowest BCUT2D eigenvalue weighted by Crippen LogP contribution is -2.12. The maximum absolute atomic E-state index is 6.06. The van der Waals surface area contributed by atoms with Gasteiger partial charge in [-0.25, -0.2) is 15.0 Å². The molecule has 0 bridgehead atoms. The molecule has 0 saturated carbocycles. The fourth-order valence-corrected chi connectivity index (χ4v) is 3.23. The summed E-state index contributed by atoms with van der Waals surface area (Å²) >= 11 is 0. The minimum absolute atomic E-state index is 0.0308. The summed E-state index contributed by atoms with van der Waals surface area (Å²) in [5, 5.41) is 0. The van der Waals surface area contributed by atoms with Crippen molar-refractivity contribution in [3.8, 4) is 11.3 Å². The van der Waals surface area contributed by atoms with Crippen LogP contribution in [-0.4, -0.2) is 19.5 Å². The Morgan fingerprint density at radius 2 is 1.64 bits per heavy atom. The Bertz CT molecular complexity index is 1000. The first kappa shape index (κ1) is 18.1. The minimum Gasteiger partial charge on any atom is -0.370 e. The van der Waals surface area contributed by atoms with Crippen molar-refractivity contribution in [2.45, 2.75) is 26.2 Å². The quantitative estimate of drug-likeness (QED) is 0.474. The zero-order chi connectivity index (χ0) is 19.2. The van der Waals surface area contributed by atoms with E-state index in [1.807, 2.05) is 48.8 Å². The van der Waals surface area contributed by atoms with E-state index in [0.717, 1.165) is 28.2 Å². The topological polar surface area (TPSA) is 52.8 Å². The van der Waals surface area contributed by atoms with Crippen LogP contribution in [0.25, 0.3) is 11.3 Å². The lowest BCUT2D eigenvalue weighted by molar-refractivity contribution is 0.102. The Morgan fingerprint density at radius 1 is 0.893 bits per heavy atom. The number of aromatic nitrogens is 4. The maximum atomic E-state index is 6.06. The van der Waals surface area contributed by atoms with E-state index in [-0.39, 0.29) is 6.04 Å². The molecular weight excluding hydrogens is 348 g/mol. The van der Waals surface area contributed by atoms with E-state index < -0.39 is 0 Å². The van der Waals surface area contributed by atoms with E-state index in [0.29, 0.717) is 13.2 Å². The van der Waals surface area contributed by atoms with Crippen molar-refractivity contribution in [2.75, 3.05) is 0 Å². The molecule has 2 heterocycles. The van der Waals surface area contributed by atoms with E-state index in [4.69, 9.17) is 9.72 Å². The zero-order valence-electron chi connectivity index (χ0n) is 15.8. The van der Waals surface area contributed by atoms with Crippen LogP contribution in [0.5, 0.6) is 0 Å². The Labute approximate surface area is 164 Å². The van der Waals surface area contributed by atoms with Gasteiger partial charge in [0, 0.05) is 11.8 Å². The smallest absolute Gasteiger partial charge is 0.115 e. The Morgan fingerprint density at radius 3 is 2.36 bits per heavy atom. The first-order valence-electron chi connectivity index (χ1n) is 9.31. The molecule has 5 heteroatoms. The Kier molecular flexibility index (Phi) is 5.54. The van der Waals surface area contributed by atoms with Crippen LogP contribution < -0.4 is 0 Å². The van der Waals surface area contributed by atoms with Crippen LogP contribution >= 0.6 is 0 Å². The van der Waals surface area contributed by atoms with Crippen molar-refractivity contribution in [1.29, 1.82) is 0 Å². The highest BCUT2D eigenvalue weighted by Crippen LogP contribution is 2.27. The fourth-order valence-electron chi connectivity index (χ4n) is 3.23. The van der Waals surface area contributed by atoms with Gasteiger partial charge in [-0.2, -0.15) is 0 Å². The molecule has 0 aliphatic rings. The number of ether oxygens (including phenoxy) is 1. The predicted molar refractivity (Wildman–Crippen MR) is 108 cm³/mol. The van der Waals surface area contributed by atoms with Gasteiger partial charge in [0.25, 0.3) is 0 Å². The summed E-state index contributed by atoms with van der Waals surface area (Å²) in [5.74, 6) is 0. The summed E-state index contributed by atoms with van der Waals surface area (Å²) < 4.78 is 8.19. The first-order chi connectivity index (χ1) is 13.8. The molecule has 0 radical (unpaired) electrons. The number of nitrogens with zero attached hydrogens (tertiary/aromatic N) is 4. The molecule has 140 valence electrons. The molecule has 2 aromatic heterocycles. The molecular formula is C23H22N4O. The van der Waals surface area contributed by atoms with Gasteiger partial charge < -0.3 is 9.30 Å². The van der Waals surface area contributed by atoms with Gasteiger partial charge in [0.15, 0.2) is 0 Å². The van der Waals surface area contributed by atoms with Crippen molar-refractivity contribution >= 4 is 0 Å². The molecule has 2 aromatic carbocycles. The minimum atomic E-state index is 0.0308. The first-order valence-corrected chi connectivity index (χ1v) is 9.31. The van der Waals surface area contributed by atoms with Crippen LogP contribution in [0.1, 0.15) is 29.9 Å². The van der Waals surface area contributed by atoms with Crippen molar-refractivity contribution in [1.82, 2.24) is 19.5 Å². The largest absolute Gasteiger partial charge is 0.370 e. The molecule has 0 unspecified atom stereocenters. The summed E-state index contributed by atoms with van der Waals surface area (Å²) in [6.07, 6.45) is 5.21. The average molecular weight is 370 g/mol. The van der Waals surface area contributed by atoms with Crippen LogP contribution in [0.2, 0.25) is 0 Å². The summed E-state index contributed by atoms with van der Waals surface area (Å²) in [5.41, 5.74) is 5.15. The number of hydrogen-bond donors (Lipinski definition) is 0. The number of benzene rings is 2. The number of rotatable bonds is 7. The Balaban J connectivity index is 1.63. The molecule has 28 heavy (non-hydrogen) atoms. The predicted octanol–water partition coefficient (Wildman–Crippen LogP) is 4.67. The number of imidazole rings is 1. The van der Waals surface area contributed by atoms with Crippen LogP contribution in [-0.2, 0) is 18.0 Å². The molecule has 1 atom stereocenters. The third-order valence-electron chi connectivity index (χ3n) is 4.74. The van der Waals surface area contributed by atoms with Crippen LogP contribution in [0.3, 0.4) is 0 Å². The van der Waals surface area contributed by atoms with E-state index in [9.17, 15) is 0 Å². The third kappa shape index (κ3) is 4.00. The summed E-state index contributed by atoms with van der Waals surface area (Å²) in [7, 11) is 0. The fraction of sp³-hybridized carbons (Fsp3) is 0.174. The highest BCUT2D eigenvalue weighted by Gasteiger charge is 2.18. The Hall–Kier alpha value is -3.31. The van der Waals surface area contributed by atoms with Crippen molar-refractivity contribution in [3.05, 3.63) is 103 Å². The van der Waals surface area contributed by atoms with Gasteiger partial charge in [-0.3, -0.25) is 0 Å². The number of hydrogen-bond acceptors (Lipinski definition) is 4. The molecule has 4 rings (SSSR count). The standard InChI is InChI=1S/C23H22N4O/c1-18(21-12-13-24-16-25-21)27-17-26-23(20-10-6-3-7-11-20)22(27)15-28-14-19-8-4-2-5-9-19/h2-13,16-18H,14-15H2,1H3/t18-/m0/s1. The monoisotopic (exact) mass is 370 g/mol. The summed E-state index contributed by atoms with van der Waals surface area (Å²) in [6.45, 7) is 3.14. The van der Waals surface area contributed by atoms with Crippen LogP contribution in [0.15, 0.2) is 85.6 Å². The van der Waals surface area contributed by atoms with Gasteiger partial charge >= 0.3 is 0 Å². The lowest BCUT2D eigenvalue weighted by atomic mass is 10.1. The van der Waals surface area contributed by atoms with Crippen LogP contribution in [0.4, 0.5) is 0 Å². The van der Waals surface area contributed by atoms with Gasteiger partial charge in [-0.15, -0.1) is 0 Å². The highest BCUT2D eigenvalue weighted by atomic mass is 16.5. The van der Waals surface area contributed by atoms with Gasteiger partial charge in [-0.1, -0.05) is 60.7 Å². The average Bonchev–Trinajstić information content (AvgIpc) is 3.19.